The summed E-state index contributed by atoms with van der Waals surface area (Å²) >= 11 is 0. The zero-order valence-corrected chi connectivity index (χ0v) is 14.5. The molecule has 0 radical (unpaired) electrons. The molecule has 0 spiro atoms. The van der Waals surface area contributed by atoms with Gasteiger partial charge in [0.15, 0.2) is 0 Å². The lowest BCUT2D eigenvalue weighted by Crippen LogP contribution is -2.38. The molecule has 0 saturated heterocycles. The van der Waals surface area contributed by atoms with Gasteiger partial charge in [0.25, 0.3) is 0 Å². The zero-order valence-electron chi connectivity index (χ0n) is 14.5. The Labute approximate surface area is 154 Å². The summed E-state index contributed by atoms with van der Waals surface area (Å²) in [6, 6.07) is 12.3. The fourth-order valence-corrected chi connectivity index (χ4v) is 2.44. The minimum Gasteiger partial charge on any atom is -0.469 e. The second kappa shape index (κ2) is 9.07. The van der Waals surface area contributed by atoms with Crippen LogP contribution in [0.3, 0.4) is 0 Å². The predicted octanol–water partition coefficient (Wildman–Crippen LogP) is 3.81. The summed E-state index contributed by atoms with van der Waals surface area (Å²) in [5, 5.41) is 5.14. The van der Waals surface area contributed by atoms with E-state index in [1.54, 1.807) is 30.3 Å². The molecule has 27 heavy (non-hydrogen) atoms. The van der Waals surface area contributed by atoms with Crippen LogP contribution in [0.2, 0.25) is 0 Å². The lowest BCUT2D eigenvalue weighted by Gasteiger charge is -2.19. The van der Waals surface area contributed by atoms with E-state index in [1.165, 1.54) is 19.2 Å². The van der Waals surface area contributed by atoms with Crippen molar-refractivity contribution in [2.75, 3.05) is 7.11 Å². The van der Waals surface area contributed by atoms with E-state index < -0.39 is 29.8 Å². The van der Waals surface area contributed by atoms with Crippen molar-refractivity contribution in [3.05, 3.63) is 71.3 Å². The van der Waals surface area contributed by atoms with E-state index in [9.17, 15) is 22.8 Å². The van der Waals surface area contributed by atoms with E-state index in [1.807, 2.05) is 0 Å². The summed E-state index contributed by atoms with van der Waals surface area (Å²) in [5.74, 6) is -0.498. The number of ether oxygens (including phenoxy) is 1. The normalized spacial score (nSPS) is 12.1. The predicted molar refractivity (Wildman–Crippen MR) is 92.6 cm³/mol. The van der Waals surface area contributed by atoms with Crippen LogP contribution in [-0.2, 0) is 22.3 Å². The zero-order chi connectivity index (χ0) is 19.9. The Hall–Kier alpha value is -3.03. The number of urea groups is 1. The molecule has 2 N–H and O–H groups in total. The van der Waals surface area contributed by atoms with Crippen LogP contribution in [0.25, 0.3) is 0 Å². The summed E-state index contributed by atoms with van der Waals surface area (Å²) in [4.78, 5) is 23.7. The quantitative estimate of drug-likeness (QED) is 0.749. The van der Waals surface area contributed by atoms with Crippen LogP contribution in [-0.4, -0.2) is 19.1 Å². The molecule has 2 rings (SSSR count). The molecular weight excluding hydrogens is 361 g/mol. The van der Waals surface area contributed by atoms with Crippen molar-refractivity contribution in [2.24, 2.45) is 0 Å². The van der Waals surface area contributed by atoms with Crippen LogP contribution in [0.5, 0.6) is 0 Å². The van der Waals surface area contributed by atoms with Gasteiger partial charge in [-0.2, -0.15) is 13.2 Å². The molecule has 144 valence electrons. The molecule has 0 bridgehead atoms. The van der Waals surface area contributed by atoms with E-state index in [2.05, 4.69) is 15.4 Å². The second-order valence-corrected chi connectivity index (χ2v) is 5.77. The van der Waals surface area contributed by atoms with Gasteiger partial charge in [0, 0.05) is 6.54 Å². The molecule has 0 unspecified atom stereocenters. The topological polar surface area (TPSA) is 67.4 Å². The first-order valence-corrected chi connectivity index (χ1v) is 8.12. The molecule has 8 heteroatoms. The van der Waals surface area contributed by atoms with E-state index in [0.29, 0.717) is 11.1 Å². The van der Waals surface area contributed by atoms with Crippen molar-refractivity contribution in [1.29, 1.82) is 0 Å². The Bertz CT molecular complexity index is 779. The third-order valence-electron chi connectivity index (χ3n) is 3.81. The molecule has 0 aliphatic rings. The van der Waals surface area contributed by atoms with E-state index in [-0.39, 0.29) is 13.0 Å². The number of carbonyl (C=O) groups excluding carboxylic acids is 2. The van der Waals surface area contributed by atoms with E-state index in [4.69, 9.17) is 0 Å². The van der Waals surface area contributed by atoms with Crippen molar-refractivity contribution >= 4 is 12.0 Å². The van der Waals surface area contributed by atoms with Gasteiger partial charge in [-0.1, -0.05) is 42.5 Å². The molecular formula is C19H19F3N2O3. The van der Waals surface area contributed by atoms with Gasteiger partial charge in [-0.05, 0) is 23.3 Å². The molecule has 0 heterocycles. The van der Waals surface area contributed by atoms with Crippen molar-refractivity contribution in [3.8, 4) is 0 Å². The molecule has 0 aromatic heterocycles. The first-order chi connectivity index (χ1) is 12.8. The number of nitrogens with one attached hydrogen (secondary N) is 2. The molecule has 2 amide bonds. The Morgan fingerprint density at radius 3 is 2.41 bits per heavy atom. The number of halogens is 3. The largest absolute Gasteiger partial charge is 0.469 e. The van der Waals surface area contributed by atoms with Crippen LogP contribution in [0, 0.1) is 0 Å². The molecule has 0 saturated carbocycles. The van der Waals surface area contributed by atoms with Gasteiger partial charge in [-0.25, -0.2) is 4.79 Å². The highest BCUT2D eigenvalue weighted by atomic mass is 19.4. The van der Waals surface area contributed by atoms with Gasteiger partial charge in [-0.3, -0.25) is 4.79 Å². The van der Waals surface area contributed by atoms with Gasteiger partial charge in [0.1, 0.15) is 0 Å². The third-order valence-corrected chi connectivity index (χ3v) is 3.81. The maximum atomic E-state index is 12.7. The summed E-state index contributed by atoms with van der Waals surface area (Å²) in [5.41, 5.74) is 0.233. The summed E-state index contributed by atoms with van der Waals surface area (Å²) < 4.78 is 42.9. The summed E-state index contributed by atoms with van der Waals surface area (Å²) in [6.07, 6.45) is -4.52. The highest BCUT2D eigenvalue weighted by Gasteiger charge is 2.30. The first kappa shape index (κ1) is 20.3. The maximum Gasteiger partial charge on any atom is 0.416 e. The van der Waals surface area contributed by atoms with E-state index >= 15 is 0 Å². The molecule has 0 fully saturated rings. The number of benzene rings is 2. The van der Waals surface area contributed by atoms with Crippen molar-refractivity contribution < 1.29 is 27.5 Å². The minimum absolute atomic E-state index is 0.0719. The number of carbonyl (C=O) groups is 2. The minimum atomic E-state index is -4.45. The van der Waals surface area contributed by atoms with Crippen LogP contribution in [0.4, 0.5) is 18.0 Å². The Morgan fingerprint density at radius 1 is 1.07 bits per heavy atom. The Morgan fingerprint density at radius 2 is 1.78 bits per heavy atom. The Balaban J connectivity index is 2.00. The number of amides is 2. The van der Waals surface area contributed by atoms with Gasteiger partial charge in [0.05, 0.1) is 25.1 Å². The van der Waals surface area contributed by atoms with Gasteiger partial charge >= 0.3 is 18.2 Å². The Kier molecular flexibility index (Phi) is 6.81. The highest BCUT2D eigenvalue weighted by Crippen LogP contribution is 2.29. The summed E-state index contributed by atoms with van der Waals surface area (Å²) in [7, 11) is 1.25. The highest BCUT2D eigenvalue weighted by molar-refractivity contribution is 5.76. The van der Waals surface area contributed by atoms with Gasteiger partial charge < -0.3 is 15.4 Å². The monoisotopic (exact) mass is 380 g/mol. The van der Waals surface area contributed by atoms with Gasteiger partial charge in [0.2, 0.25) is 0 Å². The number of esters is 1. The second-order valence-electron chi connectivity index (χ2n) is 5.77. The molecule has 2 aromatic carbocycles. The first-order valence-electron chi connectivity index (χ1n) is 8.12. The molecule has 0 aliphatic carbocycles. The van der Waals surface area contributed by atoms with Crippen LogP contribution < -0.4 is 10.6 Å². The van der Waals surface area contributed by atoms with Crippen molar-refractivity contribution in [3.63, 3.8) is 0 Å². The number of alkyl halides is 3. The smallest absolute Gasteiger partial charge is 0.416 e. The average molecular weight is 380 g/mol. The molecule has 0 aliphatic heterocycles. The number of rotatable bonds is 6. The number of methoxy groups -OCH3 is 1. The van der Waals surface area contributed by atoms with Gasteiger partial charge in [-0.15, -0.1) is 0 Å². The maximum absolute atomic E-state index is 12.7. The standard InChI is InChI=1S/C19H19F3N2O3/c1-27-17(25)11-16(14-7-3-2-4-8-14)24-18(26)23-12-13-6-5-9-15(10-13)19(20,21)22/h2-10,16H,11-12H2,1H3,(H2,23,24,26)/t16-/m0/s1. The van der Waals surface area contributed by atoms with Crippen molar-refractivity contribution in [1.82, 2.24) is 10.6 Å². The average Bonchev–Trinajstić information content (AvgIpc) is 2.66. The molecule has 1 atom stereocenters. The van der Waals surface area contributed by atoms with E-state index in [0.717, 1.165) is 12.1 Å². The van der Waals surface area contributed by atoms with Crippen LogP contribution >= 0.6 is 0 Å². The fraction of sp³-hybridized carbons (Fsp3) is 0.263. The number of hydrogen-bond acceptors (Lipinski definition) is 3. The number of hydrogen-bond donors (Lipinski definition) is 2. The summed E-state index contributed by atoms with van der Waals surface area (Å²) in [6.45, 7) is -0.0878. The molecule has 2 aromatic rings. The lowest BCUT2D eigenvalue weighted by atomic mass is 10.0. The van der Waals surface area contributed by atoms with Crippen LogP contribution in [0.15, 0.2) is 54.6 Å². The lowest BCUT2D eigenvalue weighted by molar-refractivity contribution is -0.141. The molecule has 5 nitrogen and oxygen atoms in total. The van der Waals surface area contributed by atoms with Crippen LogP contribution in [0.1, 0.15) is 29.2 Å². The SMILES string of the molecule is COC(=O)C[C@H](NC(=O)NCc1cccc(C(F)(F)F)c1)c1ccccc1. The third kappa shape index (κ3) is 6.32. The van der Waals surface area contributed by atoms with Crippen molar-refractivity contribution in [2.45, 2.75) is 25.2 Å². The fourth-order valence-electron chi connectivity index (χ4n) is 2.44.